The third-order valence-electron chi connectivity index (χ3n) is 3.25. The average Bonchev–Trinajstić information content (AvgIpc) is 2.43. The number of benzene rings is 1. The fourth-order valence-electron chi connectivity index (χ4n) is 2.32. The summed E-state index contributed by atoms with van der Waals surface area (Å²) in [7, 11) is -3.53. The molecular weight excluding hydrogens is 300 g/mol. The van der Waals surface area contributed by atoms with Crippen molar-refractivity contribution < 1.29 is 13.2 Å². The van der Waals surface area contributed by atoms with Gasteiger partial charge < -0.3 is 4.90 Å². The molecule has 0 radical (unpaired) electrons. The van der Waals surface area contributed by atoms with Crippen LogP contribution in [0.3, 0.4) is 0 Å². The van der Waals surface area contributed by atoms with Crippen molar-refractivity contribution >= 4 is 33.2 Å². The van der Waals surface area contributed by atoms with E-state index in [4.69, 9.17) is 11.6 Å². The molecule has 1 heterocycles. The van der Waals surface area contributed by atoms with Crippen LogP contribution in [0.5, 0.6) is 0 Å². The first-order valence-electron chi connectivity index (χ1n) is 6.42. The second-order valence-electron chi connectivity index (χ2n) is 4.65. The van der Waals surface area contributed by atoms with Gasteiger partial charge in [-0.15, -0.1) is 11.6 Å². The Morgan fingerprint density at radius 3 is 2.85 bits per heavy atom. The van der Waals surface area contributed by atoms with Crippen molar-refractivity contribution in [2.24, 2.45) is 0 Å². The van der Waals surface area contributed by atoms with Crippen molar-refractivity contribution in [1.29, 1.82) is 0 Å². The van der Waals surface area contributed by atoms with Gasteiger partial charge in [-0.1, -0.05) is 0 Å². The van der Waals surface area contributed by atoms with Crippen LogP contribution in [0.1, 0.15) is 18.9 Å². The first kappa shape index (κ1) is 15.3. The van der Waals surface area contributed by atoms with E-state index in [1.54, 1.807) is 17.0 Å². The molecule has 1 aromatic rings. The molecule has 110 valence electrons. The molecule has 5 nitrogen and oxygen atoms in total. The number of carbonyl (C=O) groups is 1. The zero-order chi connectivity index (χ0) is 14.8. The first-order valence-corrected chi connectivity index (χ1v) is 8.44. The number of carbonyl (C=O) groups excluding carboxylic acids is 1. The number of sulfonamides is 1. The van der Waals surface area contributed by atoms with Gasteiger partial charge in [0.15, 0.2) is 0 Å². The number of amides is 1. The van der Waals surface area contributed by atoms with Gasteiger partial charge in [0.25, 0.3) is 0 Å². The zero-order valence-corrected chi connectivity index (χ0v) is 12.8. The van der Waals surface area contributed by atoms with Crippen LogP contribution >= 0.6 is 11.6 Å². The third-order valence-corrected chi connectivity index (χ3v) is 4.89. The van der Waals surface area contributed by atoms with Gasteiger partial charge in [-0.05, 0) is 36.6 Å². The normalized spacial score (nSPS) is 15.0. The Morgan fingerprint density at radius 2 is 2.20 bits per heavy atom. The quantitative estimate of drug-likeness (QED) is 0.856. The number of alkyl halides is 1. The van der Waals surface area contributed by atoms with Crippen LogP contribution in [-0.4, -0.2) is 33.3 Å². The minimum Gasteiger partial charge on any atom is -0.312 e. The van der Waals surface area contributed by atoms with Gasteiger partial charge in [0.1, 0.15) is 0 Å². The summed E-state index contributed by atoms with van der Waals surface area (Å²) in [5.41, 5.74) is 1.69. The molecule has 0 saturated carbocycles. The Labute approximate surface area is 124 Å². The Morgan fingerprint density at radius 1 is 1.45 bits per heavy atom. The van der Waals surface area contributed by atoms with Gasteiger partial charge in [-0.2, -0.15) is 0 Å². The van der Waals surface area contributed by atoms with E-state index in [-0.39, 0.29) is 23.2 Å². The Bertz CT molecular complexity index is 616. The van der Waals surface area contributed by atoms with E-state index in [9.17, 15) is 13.2 Å². The van der Waals surface area contributed by atoms with E-state index in [1.807, 2.05) is 0 Å². The molecule has 1 amide bonds. The number of fused-ring (bicyclic) bond motifs is 1. The van der Waals surface area contributed by atoms with Crippen LogP contribution in [-0.2, 0) is 21.2 Å². The predicted molar refractivity (Wildman–Crippen MR) is 78.7 cm³/mol. The molecule has 0 aliphatic carbocycles. The van der Waals surface area contributed by atoms with Crippen LogP contribution in [0.2, 0.25) is 0 Å². The minimum atomic E-state index is -3.53. The third kappa shape index (κ3) is 3.13. The molecule has 0 saturated heterocycles. The molecule has 7 heteroatoms. The summed E-state index contributed by atoms with van der Waals surface area (Å²) in [5, 5.41) is 0. The summed E-state index contributed by atoms with van der Waals surface area (Å²) in [5.74, 6) is 0.198. The molecule has 0 atom stereocenters. The lowest BCUT2D eigenvalue weighted by Crippen LogP contribution is -2.33. The number of nitrogens with one attached hydrogen (secondary N) is 1. The van der Waals surface area contributed by atoms with E-state index in [1.165, 1.54) is 13.0 Å². The molecule has 0 bridgehead atoms. The smallest absolute Gasteiger partial charge is 0.240 e. The largest absolute Gasteiger partial charge is 0.312 e. The number of halogens is 1. The van der Waals surface area contributed by atoms with Crippen LogP contribution in [0.15, 0.2) is 23.1 Å². The summed E-state index contributed by atoms with van der Waals surface area (Å²) < 4.78 is 26.5. The number of nitrogens with zero attached hydrogens (tertiary/aromatic N) is 1. The molecule has 0 spiro atoms. The van der Waals surface area contributed by atoms with Gasteiger partial charge in [0, 0.05) is 31.6 Å². The summed E-state index contributed by atoms with van der Waals surface area (Å²) in [6, 6.07) is 4.86. The molecule has 20 heavy (non-hydrogen) atoms. The van der Waals surface area contributed by atoms with Gasteiger partial charge in [0.05, 0.1) is 4.90 Å². The van der Waals surface area contributed by atoms with E-state index >= 15 is 0 Å². The van der Waals surface area contributed by atoms with Crippen LogP contribution in [0.4, 0.5) is 5.69 Å². The SMILES string of the molecule is CC(=O)N1CCCc2cc(S(=O)(=O)NCCCl)ccc21. The lowest BCUT2D eigenvalue weighted by Gasteiger charge is -2.28. The molecule has 1 aliphatic rings. The van der Waals surface area contributed by atoms with Crippen molar-refractivity contribution in [2.75, 3.05) is 23.9 Å². The number of hydrogen-bond donors (Lipinski definition) is 1. The summed E-state index contributed by atoms with van der Waals surface area (Å²) in [6.45, 7) is 2.39. The molecule has 0 aromatic heterocycles. The first-order chi connectivity index (χ1) is 9.45. The monoisotopic (exact) mass is 316 g/mol. The van der Waals surface area contributed by atoms with Crippen molar-refractivity contribution in [3.63, 3.8) is 0 Å². The maximum atomic E-state index is 12.0. The minimum absolute atomic E-state index is 0.0261. The Balaban J connectivity index is 2.35. The maximum absolute atomic E-state index is 12.0. The number of anilines is 1. The van der Waals surface area contributed by atoms with Gasteiger partial charge >= 0.3 is 0 Å². The van der Waals surface area contributed by atoms with Crippen molar-refractivity contribution in [3.8, 4) is 0 Å². The summed E-state index contributed by atoms with van der Waals surface area (Å²) in [6.07, 6.45) is 1.61. The van der Waals surface area contributed by atoms with E-state index in [2.05, 4.69) is 4.72 Å². The maximum Gasteiger partial charge on any atom is 0.240 e. The van der Waals surface area contributed by atoms with Crippen molar-refractivity contribution in [3.05, 3.63) is 23.8 Å². The lowest BCUT2D eigenvalue weighted by molar-refractivity contribution is -0.116. The topological polar surface area (TPSA) is 66.5 Å². The van der Waals surface area contributed by atoms with Gasteiger partial charge in [-0.3, -0.25) is 4.79 Å². The highest BCUT2D eigenvalue weighted by Crippen LogP contribution is 2.29. The Kier molecular flexibility index (Phi) is 4.67. The summed E-state index contributed by atoms with van der Waals surface area (Å²) in [4.78, 5) is 13.5. The average molecular weight is 317 g/mol. The van der Waals surface area contributed by atoms with Gasteiger partial charge in [-0.25, -0.2) is 13.1 Å². The highest BCUT2D eigenvalue weighted by molar-refractivity contribution is 7.89. The standard InChI is InChI=1S/C13H17ClN2O3S/c1-10(17)16-8-2-3-11-9-12(4-5-13(11)16)20(18,19)15-7-6-14/h4-5,9,15H,2-3,6-8H2,1H3. The van der Waals surface area contributed by atoms with Crippen LogP contribution < -0.4 is 9.62 Å². The molecule has 1 aromatic carbocycles. The molecule has 2 rings (SSSR count). The zero-order valence-electron chi connectivity index (χ0n) is 11.2. The number of rotatable bonds is 4. The number of aryl methyl sites for hydroxylation is 1. The number of hydrogen-bond acceptors (Lipinski definition) is 3. The second kappa shape index (κ2) is 6.11. The van der Waals surface area contributed by atoms with Crippen molar-refractivity contribution in [2.45, 2.75) is 24.7 Å². The highest BCUT2D eigenvalue weighted by Gasteiger charge is 2.22. The molecule has 0 fully saturated rings. The molecular formula is C13H17ClN2O3S. The predicted octanol–water partition coefficient (Wildman–Crippen LogP) is 1.50. The van der Waals surface area contributed by atoms with Crippen LogP contribution in [0, 0.1) is 0 Å². The fraction of sp³-hybridized carbons (Fsp3) is 0.462. The van der Waals surface area contributed by atoms with E-state index < -0.39 is 10.0 Å². The molecule has 1 N–H and O–H groups in total. The molecule has 1 aliphatic heterocycles. The second-order valence-corrected chi connectivity index (χ2v) is 6.80. The van der Waals surface area contributed by atoms with E-state index in [0.717, 1.165) is 24.1 Å². The fourth-order valence-corrected chi connectivity index (χ4v) is 3.61. The molecule has 0 unspecified atom stereocenters. The van der Waals surface area contributed by atoms with E-state index in [0.29, 0.717) is 6.54 Å². The van der Waals surface area contributed by atoms with Crippen molar-refractivity contribution in [1.82, 2.24) is 4.72 Å². The highest BCUT2D eigenvalue weighted by atomic mass is 35.5. The van der Waals surface area contributed by atoms with Crippen LogP contribution in [0.25, 0.3) is 0 Å². The lowest BCUT2D eigenvalue weighted by atomic mass is 10.0. The van der Waals surface area contributed by atoms with Gasteiger partial charge in [0.2, 0.25) is 15.9 Å². The Hall–Kier alpha value is -1.11. The summed E-state index contributed by atoms with van der Waals surface area (Å²) >= 11 is 5.49.